The molecule has 1 heterocycles. The number of hydrogen-bond acceptors (Lipinski definition) is 4. The second kappa shape index (κ2) is 11.5. The van der Waals surface area contributed by atoms with E-state index < -0.39 is 0 Å². The van der Waals surface area contributed by atoms with Crippen molar-refractivity contribution < 1.29 is 14.3 Å². The van der Waals surface area contributed by atoms with Crippen LogP contribution in [0.15, 0.2) is 66.7 Å². The topological polar surface area (TPSA) is 96.1 Å². The molecule has 3 aromatic carbocycles. The van der Waals surface area contributed by atoms with E-state index in [0.29, 0.717) is 18.5 Å². The number of benzene rings is 3. The van der Waals surface area contributed by atoms with Gasteiger partial charge in [0.2, 0.25) is 5.91 Å². The number of aromatic nitrogens is 2. The monoisotopic (exact) mass is 484 g/mol. The van der Waals surface area contributed by atoms with Gasteiger partial charge in [-0.05, 0) is 73.9 Å². The summed E-state index contributed by atoms with van der Waals surface area (Å²) in [4.78, 5) is 32.2. The van der Waals surface area contributed by atoms with Gasteiger partial charge in [0, 0.05) is 30.6 Å². The number of amides is 2. The fourth-order valence-electron chi connectivity index (χ4n) is 3.83. The number of rotatable bonds is 10. The fourth-order valence-corrected chi connectivity index (χ4v) is 3.83. The molecule has 0 unspecified atom stereocenters. The van der Waals surface area contributed by atoms with Crippen molar-refractivity contribution in [2.45, 2.75) is 52.7 Å². The first-order valence-electron chi connectivity index (χ1n) is 12.3. The molecule has 0 spiro atoms. The van der Waals surface area contributed by atoms with E-state index in [9.17, 15) is 9.59 Å². The molecule has 3 N–H and O–H groups in total. The number of hydrogen-bond donors (Lipinski definition) is 3. The normalized spacial score (nSPS) is 11.0. The average molecular weight is 485 g/mol. The van der Waals surface area contributed by atoms with Gasteiger partial charge in [-0.1, -0.05) is 31.2 Å². The van der Waals surface area contributed by atoms with Crippen LogP contribution in [0.5, 0.6) is 5.75 Å². The molecule has 0 aliphatic heterocycles. The van der Waals surface area contributed by atoms with E-state index in [-0.39, 0.29) is 17.9 Å². The molecule has 4 aromatic rings. The van der Waals surface area contributed by atoms with Gasteiger partial charge in [0.05, 0.1) is 17.1 Å². The van der Waals surface area contributed by atoms with Gasteiger partial charge in [-0.3, -0.25) is 9.59 Å². The van der Waals surface area contributed by atoms with Gasteiger partial charge >= 0.3 is 0 Å². The van der Waals surface area contributed by atoms with E-state index in [1.54, 1.807) is 6.07 Å². The molecular weight excluding hydrogens is 452 g/mol. The summed E-state index contributed by atoms with van der Waals surface area (Å²) in [5, 5.41) is 5.83. The molecule has 4 rings (SSSR count). The number of aryl methyl sites for hydroxylation is 2. The first-order chi connectivity index (χ1) is 17.4. The van der Waals surface area contributed by atoms with E-state index in [2.05, 4.69) is 20.6 Å². The molecule has 7 heteroatoms. The third-order valence-electron chi connectivity index (χ3n) is 5.75. The van der Waals surface area contributed by atoms with Crippen LogP contribution >= 0.6 is 0 Å². The summed E-state index contributed by atoms with van der Waals surface area (Å²) in [6, 6.07) is 21.1. The molecule has 36 heavy (non-hydrogen) atoms. The minimum absolute atomic E-state index is 0.00364. The van der Waals surface area contributed by atoms with Crippen LogP contribution in [0, 0.1) is 0 Å². The van der Waals surface area contributed by atoms with Crippen molar-refractivity contribution in [1.82, 2.24) is 15.3 Å². The molecule has 0 saturated heterocycles. The van der Waals surface area contributed by atoms with E-state index in [4.69, 9.17) is 4.74 Å². The number of nitrogens with zero attached hydrogens (tertiary/aromatic N) is 1. The summed E-state index contributed by atoms with van der Waals surface area (Å²) >= 11 is 0. The van der Waals surface area contributed by atoms with Gasteiger partial charge < -0.3 is 20.4 Å². The molecule has 2 amide bonds. The minimum atomic E-state index is -0.134. The third-order valence-corrected chi connectivity index (χ3v) is 5.75. The van der Waals surface area contributed by atoms with Crippen LogP contribution in [0.3, 0.4) is 0 Å². The van der Waals surface area contributed by atoms with Crippen LogP contribution in [0.4, 0.5) is 5.69 Å². The molecule has 0 radical (unpaired) electrons. The molecule has 0 aliphatic carbocycles. The van der Waals surface area contributed by atoms with E-state index in [1.165, 1.54) is 0 Å². The second-order valence-corrected chi connectivity index (χ2v) is 9.01. The maximum atomic E-state index is 12.7. The second-order valence-electron chi connectivity index (χ2n) is 9.01. The highest BCUT2D eigenvalue weighted by Gasteiger charge is 2.10. The molecule has 0 bridgehead atoms. The number of carbonyl (C=O) groups excluding carboxylic acids is 2. The zero-order chi connectivity index (χ0) is 25.5. The smallest absolute Gasteiger partial charge is 0.251 e. The zero-order valence-corrected chi connectivity index (χ0v) is 20.9. The van der Waals surface area contributed by atoms with Gasteiger partial charge in [0.15, 0.2) is 0 Å². The number of nitrogens with one attached hydrogen (secondary N) is 3. The number of fused-ring (bicyclic) bond motifs is 1. The lowest BCUT2D eigenvalue weighted by Gasteiger charge is -2.10. The van der Waals surface area contributed by atoms with Gasteiger partial charge in [-0.25, -0.2) is 4.98 Å². The molecule has 1 aromatic heterocycles. The molecule has 0 atom stereocenters. The first-order valence-corrected chi connectivity index (χ1v) is 12.3. The summed E-state index contributed by atoms with van der Waals surface area (Å²) in [5.74, 6) is 1.56. The molecule has 186 valence electrons. The average Bonchev–Trinajstić information content (AvgIpc) is 3.29. The lowest BCUT2D eigenvalue weighted by molar-refractivity contribution is -0.115. The fraction of sp³-hybridized carbons (Fsp3) is 0.276. The Hall–Kier alpha value is -4.13. The van der Waals surface area contributed by atoms with E-state index in [0.717, 1.165) is 52.3 Å². The van der Waals surface area contributed by atoms with Crippen molar-refractivity contribution >= 4 is 28.5 Å². The Kier molecular flexibility index (Phi) is 8.00. The summed E-state index contributed by atoms with van der Waals surface area (Å²) in [5.41, 5.74) is 5.23. The van der Waals surface area contributed by atoms with Crippen LogP contribution in [0.1, 0.15) is 54.5 Å². The van der Waals surface area contributed by atoms with Gasteiger partial charge in [-0.2, -0.15) is 0 Å². The van der Waals surface area contributed by atoms with E-state index in [1.807, 2.05) is 81.4 Å². The summed E-state index contributed by atoms with van der Waals surface area (Å²) in [7, 11) is 0. The Bertz CT molecular complexity index is 1330. The minimum Gasteiger partial charge on any atom is -0.491 e. The Morgan fingerprint density at radius 3 is 2.36 bits per heavy atom. The molecular formula is C29H32N4O3. The standard InChI is InChI=1S/C29H32N4O3/c1-4-28(34)31-23-11-5-20(6-12-23)9-16-27-32-25-15-10-22(17-26(25)33-27)29(35)30-18-21-7-13-24(14-8-21)36-19(2)3/h5-8,10-15,17,19H,4,9,16,18H2,1-3H3,(H,30,35)(H,31,34)(H,32,33). The van der Waals surface area contributed by atoms with Crippen molar-refractivity contribution in [2.75, 3.05) is 5.32 Å². The predicted molar refractivity (Wildman–Crippen MR) is 142 cm³/mol. The van der Waals surface area contributed by atoms with Crippen LogP contribution in [-0.4, -0.2) is 27.9 Å². The predicted octanol–water partition coefficient (Wildman–Crippen LogP) is 5.41. The molecule has 0 saturated carbocycles. The molecule has 0 fully saturated rings. The third kappa shape index (κ3) is 6.72. The SMILES string of the molecule is CCC(=O)Nc1ccc(CCc2nc3ccc(C(=O)NCc4ccc(OC(C)C)cc4)cc3[nH]2)cc1. The molecule has 0 aliphatic rings. The summed E-state index contributed by atoms with van der Waals surface area (Å²) in [6.07, 6.45) is 2.14. The Morgan fingerprint density at radius 1 is 0.944 bits per heavy atom. The van der Waals surface area contributed by atoms with Crippen LogP contribution in [0.2, 0.25) is 0 Å². The largest absolute Gasteiger partial charge is 0.491 e. The van der Waals surface area contributed by atoms with Crippen molar-refractivity contribution in [2.24, 2.45) is 0 Å². The number of aromatic amines is 1. The Morgan fingerprint density at radius 2 is 1.67 bits per heavy atom. The zero-order valence-electron chi connectivity index (χ0n) is 20.9. The highest BCUT2D eigenvalue weighted by molar-refractivity contribution is 5.97. The van der Waals surface area contributed by atoms with Crippen molar-refractivity contribution in [3.05, 3.63) is 89.2 Å². The van der Waals surface area contributed by atoms with Crippen LogP contribution in [0.25, 0.3) is 11.0 Å². The number of imidazole rings is 1. The summed E-state index contributed by atoms with van der Waals surface area (Å²) < 4.78 is 5.66. The van der Waals surface area contributed by atoms with Gasteiger partial charge in [0.25, 0.3) is 5.91 Å². The Balaban J connectivity index is 1.32. The highest BCUT2D eigenvalue weighted by atomic mass is 16.5. The van der Waals surface area contributed by atoms with Crippen molar-refractivity contribution in [3.63, 3.8) is 0 Å². The van der Waals surface area contributed by atoms with Crippen molar-refractivity contribution in [1.29, 1.82) is 0 Å². The van der Waals surface area contributed by atoms with Gasteiger partial charge in [-0.15, -0.1) is 0 Å². The lowest BCUT2D eigenvalue weighted by atomic mass is 10.1. The number of H-pyrrole nitrogens is 1. The van der Waals surface area contributed by atoms with Crippen LogP contribution < -0.4 is 15.4 Å². The summed E-state index contributed by atoms with van der Waals surface area (Å²) in [6.45, 7) is 6.25. The maximum absolute atomic E-state index is 12.7. The van der Waals surface area contributed by atoms with Crippen molar-refractivity contribution in [3.8, 4) is 5.75 Å². The maximum Gasteiger partial charge on any atom is 0.251 e. The van der Waals surface area contributed by atoms with Gasteiger partial charge in [0.1, 0.15) is 11.6 Å². The number of anilines is 1. The van der Waals surface area contributed by atoms with E-state index >= 15 is 0 Å². The Labute approximate surface area is 211 Å². The lowest BCUT2D eigenvalue weighted by Crippen LogP contribution is -2.22. The number of ether oxygens (including phenoxy) is 1. The quantitative estimate of drug-likeness (QED) is 0.280. The molecule has 7 nitrogen and oxygen atoms in total. The number of carbonyl (C=O) groups is 2. The first kappa shape index (κ1) is 25.0. The van der Waals surface area contributed by atoms with Crippen LogP contribution in [-0.2, 0) is 24.2 Å². The highest BCUT2D eigenvalue weighted by Crippen LogP contribution is 2.17.